The lowest BCUT2D eigenvalue weighted by molar-refractivity contribution is -0.147. The summed E-state index contributed by atoms with van der Waals surface area (Å²) in [4.78, 5) is 36.7. The minimum absolute atomic E-state index is 0.0265. The Bertz CT molecular complexity index is 445. The molecule has 1 aliphatic carbocycles. The molecule has 1 heterocycles. The number of carboxylic acids is 1. The normalized spacial score (nSPS) is 26.0. The Hall–Kier alpha value is -1.59. The first-order valence-electron chi connectivity index (χ1n) is 8.18. The number of hydrogen-bond donors (Lipinski definition) is 2. The van der Waals surface area contributed by atoms with Gasteiger partial charge in [-0.25, -0.2) is 0 Å². The average molecular weight is 310 g/mol. The van der Waals surface area contributed by atoms with Crippen molar-refractivity contribution >= 4 is 17.8 Å². The van der Waals surface area contributed by atoms with E-state index in [4.69, 9.17) is 5.11 Å². The molecule has 0 aromatic rings. The number of nitrogens with zero attached hydrogens (tertiary/aromatic N) is 1. The Kier molecular flexibility index (Phi) is 5.42. The van der Waals surface area contributed by atoms with Gasteiger partial charge in [0.1, 0.15) is 0 Å². The van der Waals surface area contributed by atoms with E-state index in [1.54, 1.807) is 6.92 Å². The highest BCUT2D eigenvalue weighted by Crippen LogP contribution is 2.30. The number of amides is 2. The molecule has 2 aliphatic rings. The SMILES string of the molecule is CC1(C(=O)O)CCN(C(=O)CNC(=O)CC2CCCCC2)C1. The Morgan fingerprint density at radius 1 is 1.23 bits per heavy atom. The van der Waals surface area contributed by atoms with Gasteiger partial charge in [-0.3, -0.25) is 14.4 Å². The second-order valence-electron chi connectivity index (χ2n) is 6.92. The molecule has 0 aromatic heterocycles. The summed E-state index contributed by atoms with van der Waals surface area (Å²) in [7, 11) is 0. The second-order valence-corrected chi connectivity index (χ2v) is 6.92. The van der Waals surface area contributed by atoms with Crippen molar-refractivity contribution in [2.24, 2.45) is 11.3 Å². The van der Waals surface area contributed by atoms with E-state index in [1.807, 2.05) is 0 Å². The third kappa shape index (κ3) is 4.21. The van der Waals surface area contributed by atoms with Crippen LogP contribution in [0.3, 0.4) is 0 Å². The number of carboxylic acid groups (broad SMARTS) is 1. The summed E-state index contributed by atoms with van der Waals surface area (Å²) in [5.74, 6) is -0.683. The third-order valence-corrected chi connectivity index (χ3v) is 4.98. The van der Waals surface area contributed by atoms with Gasteiger partial charge in [0.2, 0.25) is 11.8 Å². The van der Waals surface area contributed by atoms with E-state index in [9.17, 15) is 14.4 Å². The molecule has 6 nitrogen and oxygen atoms in total. The molecule has 2 N–H and O–H groups in total. The van der Waals surface area contributed by atoms with E-state index in [2.05, 4.69) is 5.32 Å². The molecule has 22 heavy (non-hydrogen) atoms. The summed E-state index contributed by atoms with van der Waals surface area (Å²) in [5, 5.41) is 11.9. The molecule has 2 rings (SSSR count). The summed E-state index contributed by atoms with van der Waals surface area (Å²) >= 11 is 0. The van der Waals surface area contributed by atoms with Crippen molar-refractivity contribution in [1.82, 2.24) is 10.2 Å². The smallest absolute Gasteiger partial charge is 0.311 e. The lowest BCUT2D eigenvalue weighted by atomic mass is 9.87. The van der Waals surface area contributed by atoms with Crippen LogP contribution in [-0.4, -0.2) is 47.4 Å². The molecule has 1 saturated heterocycles. The number of likely N-dealkylation sites (tertiary alicyclic amines) is 1. The molecule has 0 radical (unpaired) electrons. The highest BCUT2D eigenvalue weighted by molar-refractivity contribution is 5.86. The summed E-state index contributed by atoms with van der Waals surface area (Å²) in [6, 6.07) is 0. The number of hydrogen-bond acceptors (Lipinski definition) is 3. The van der Waals surface area contributed by atoms with E-state index < -0.39 is 11.4 Å². The fourth-order valence-corrected chi connectivity index (χ4v) is 3.36. The maximum absolute atomic E-state index is 12.1. The van der Waals surface area contributed by atoms with Crippen LogP contribution in [-0.2, 0) is 14.4 Å². The van der Waals surface area contributed by atoms with Crippen molar-refractivity contribution < 1.29 is 19.5 Å². The van der Waals surface area contributed by atoms with E-state index in [1.165, 1.54) is 24.2 Å². The van der Waals surface area contributed by atoms with E-state index in [0.717, 1.165) is 12.8 Å². The Morgan fingerprint density at radius 3 is 2.50 bits per heavy atom. The highest BCUT2D eigenvalue weighted by atomic mass is 16.4. The Labute approximate surface area is 131 Å². The van der Waals surface area contributed by atoms with Crippen LogP contribution in [0.4, 0.5) is 0 Å². The van der Waals surface area contributed by atoms with Gasteiger partial charge in [0.25, 0.3) is 0 Å². The van der Waals surface area contributed by atoms with Crippen molar-refractivity contribution in [3.8, 4) is 0 Å². The average Bonchev–Trinajstić information content (AvgIpc) is 2.90. The lowest BCUT2D eigenvalue weighted by Gasteiger charge is -2.22. The molecular formula is C16H26N2O4. The molecular weight excluding hydrogens is 284 g/mol. The van der Waals surface area contributed by atoms with Crippen LogP contribution in [0.2, 0.25) is 0 Å². The van der Waals surface area contributed by atoms with Gasteiger partial charge in [-0.1, -0.05) is 19.3 Å². The van der Waals surface area contributed by atoms with Gasteiger partial charge in [0.05, 0.1) is 12.0 Å². The Balaban J connectivity index is 1.71. The van der Waals surface area contributed by atoms with Crippen molar-refractivity contribution in [1.29, 1.82) is 0 Å². The molecule has 1 unspecified atom stereocenters. The molecule has 124 valence electrons. The van der Waals surface area contributed by atoms with Crippen LogP contribution in [0.25, 0.3) is 0 Å². The van der Waals surface area contributed by atoms with Crippen LogP contribution in [0, 0.1) is 11.3 Å². The molecule has 0 bridgehead atoms. The fraction of sp³-hybridized carbons (Fsp3) is 0.812. The zero-order valence-electron chi connectivity index (χ0n) is 13.3. The maximum Gasteiger partial charge on any atom is 0.311 e. The van der Waals surface area contributed by atoms with Gasteiger partial charge >= 0.3 is 5.97 Å². The van der Waals surface area contributed by atoms with Crippen LogP contribution in [0.5, 0.6) is 0 Å². The van der Waals surface area contributed by atoms with Crippen molar-refractivity contribution in [3.63, 3.8) is 0 Å². The number of rotatable bonds is 5. The fourth-order valence-electron chi connectivity index (χ4n) is 3.36. The molecule has 1 saturated carbocycles. The Morgan fingerprint density at radius 2 is 1.91 bits per heavy atom. The predicted molar refractivity (Wildman–Crippen MR) is 81.1 cm³/mol. The van der Waals surface area contributed by atoms with Crippen LogP contribution < -0.4 is 5.32 Å². The topological polar surface area (TPSA) is 86.7 Å². The maximum atomic E-state index is 12.1. The molecule has 0 aromatic carbocycles. The molecule has 1 atom stereocenters. The van der Waals surface area contributed by atoms with E-state index >= 15 is 0 Å². The largest absolute Gasteiger partial charge is 0.481 e. The van der Waals surface area contributed by atoms with Crippen molar-refractivity contribution in [3.05, 3.63) is 0 Å². The van der Waals surface area contributed by atoms with Gasteiger partial charge in [0.15, 0.2) is 0 Å². The van der Waals surface area contributed by atoms with Gasteiger partial charge < -0.3 is 15.3 Å². The van der Waals surface area contributed by atoms with Gasteiger partial charge in [-0.2, -0.15) is 0 Å². The van der Waals surface area contributed by atoms with Crippen LogP contribution in [0.15, 0.2) is 0 Å². The monoisotopic (exact) mass is 310 g/mol. The summed E-state index contributed by atoms with van der Waals surface area (Å²) in [5.41, 5.74) is -0.859. The molecule has 2 fully saturated rings. The number of aliphatic carboxylic acids is 1. The molecule has 0 spiro atoms. The zero-order chi connectivity index (χ0) is 16.2. The minimum Gasteiger partial charge on any atom is -0.481 e. The lowest BCUT2D eigenvalue weighted by Crippen LogP contribution is -2.41. The highest BCUT2D eigenvalue weighted by Gasteiger charge is 2.41. The first kappa shape index (κ1) is 16.8. The summed E-state index contributed by atoms with van der Waals surface area (Å²) in [6.07, 6.45) is 6.81. The number of carbonyl (C=O) groups excluding carboxylic acids is 2. The van der Waals surface area contributed by atoms with Crippen molar-refractivity contribution in [2.45, 2.75) is 51.9 Å². The minimum atomic E-state index is -0.871. The standard InChI is InChI=1S/C16H26N2O4/c1-16(15(21)22)7-8-18(11-16)14(20)10-17-13(19)9-12-5-3-2-4-6-12/h12H,2-11H2,1H3,(H,17,19)(H,21,22). The van der Waals surface area contributed by atoms with Crippen LogP contribution >= 0.6 is 0 Å². The zero-order valence-corrected chi connectivity index (χ0v) is 13.3. The first-order chi connectivity index (χ1) is 10.4. The predicted octanol–water partition coefficient (Wildman–Crippen LogP) is 1.40. The van der Waals surface area contributed by atoms with Gasteiger partial charge in [0, 0.05) is 19.5 Å². The third-order valence-electron chi connectivity index (χ3n) is 4.98. The molecule has 2 amide bonds. The van der Waals surface area contributed by atoms with Crippen molar-refractivity contribution in [2.75, 3.05) is 19.6 Å². The van der Waals surface area contributed by atoms with E-state index in [0.29, 0.717) is 25.3 Å². The molecule has 6 heteroatoms. The van der Waals surface area contributed by atoms with E-state index in [-0.39, 0.29) is 24.9 Å². The second kappa shape index (κ2) is 7.11. The van der Waals surface area contributed by atoms with Gasteiger partial charge in [-0.15, -0.1) is 0 Å². The summed E-state index contributed by atoms with van der Waals surface area (Å²) < 4.78 is 0. The molecule has 1 aliphatic heterocycles. The first-order valence-corrected chi connectivity index (χ1v) is 8.18. The quantitative estimate of drug-likeness (QED) is 0.803. The van der Waals surface area contributed by atoms with Gasteiger partial charge in [-0.05, 0) is 32.1 Å². The van der Waals surface area contributed by atoms with Crippen LogP contribution in [0.1, 0.15) is 51.9 Å². The number of carbonyl (C=O) groups is 3. The summed E-state index contributed by atoms with van der Waals surface area (Å²) in [6.45, 7) is 2.30. The number of nitrogens with one attached hydrogen (secondary N) is 1.